The zero-order valence-electron chi connectivity index (χ0n) is 22.4. The maximum Gasteiger partial charge on any atom is 0.311 e. The van der Waals surface area contributed by atoms with Crippen molar-refractivity contribution in [3.05, 3.63) is 82.4 Å². The molecule has 0 aromatic heterocycles. The summed E-state index contributed by atoms with van der Waals surface area (Å²) in [6, 6.07) is 19.0. The number of aliphatic hydroxyl groups is 1. The monoisotopic (exact) mass is 534 g/mol. The van der Waals surface area contributed by atoms with E-state index in [2.05, 4.69) is 72.2 Å². The smallest absolute Gasteiger partial charge is 0.311 e. The zero-order valence-corrected chi connectivity index (χ0v) is 23.2. The molecule has 202 valence electrons. The summed E-state index contributed by atoms with van der Waals surface area (Å²) < 4.78 is 5.92. The van der Waals surface area contributed by atoms with Crippen LogP contribution in [-0.2, 0) is 9.53 Å². The first-order chi connectivity index (χ1) is 18.4. The van der Waals surface area contributed by atoms with E-state index >= 15 is 0 Å². The van der Waals surface area contributed by atoms with Gasteiger partial charge < -0.3 is 9.84 Å². The van der Waals surface area contributed by atoms with E-state index in [0.717, 1.165) is 50.5 Å². The first-order valence-corrected chi connectivity index (χ1v) is 14.6. The van der Waals surface area contributed by atoms with Crippen molar-refractivity contribution in [1.29, 1.82) is 0 Å². The van der Waals surface area contributed by atoms with Crippen LogP contribution >= 0.6 is 11.6 Å². The highest BCUT2D eigenvalue weighted by atomic mass is 35.5. The quantitative estimate of drug-likeness (QED) is 0.415. The molecule has 0 bridgehead atoms. The molecule has 2 aromatic rings. The summed E-state index contributed by atoms with van der Waals surface area (Å²) in [5.41, 5.74) is 3.54. The summed E-state index contributed by atoms with van der Waals surface area (Å²) in [4.78, 5) is 18.1. The molecule has 0 spiro atoms. The molecule has 38 heavy (non-hydrogen) atoms. The lowest BCUT2D eigenvalue weighted by atomic mass is 9.55. The molecule has 3 fully saturated rings. The number of carbonyl (C=O) groups excluding carboxylic acids is 1. The molecule has 7 atom stereocenters. The molecule has 2 aliphatic heterocycles. The highest BCUT2D eigenvalue weighted by Crippen LogP contribution is 2.56. The topological polar surface area (TPSA) is 53.0 Å². The molecule has 6 heteroatoms. The van der Waals surface area contributed by atoms with Gasteiger partial charge in [0.05, 0.1) is 18.1 Å². The van der Waals surface area contributed by atoms with Gasteiger partial charge >= 0.3 is 5.97 Å². The number of piperazine rings is 1. The minimum absolute atomic E-state index is 0.125. The maximum atomic E-state index is 13.1. The Kier molecular flexibility index (Phi) is 7.15. The van der Waals surface area contributed by atoms with Gasteiger partial charge in [-0.15, -0.1) is 0 Å². The molecule has 2 aliphatic carbocycles. The van der Waals surface area contributed by atoms with Gasteiger partial charge in [-0.1, -0.05) is 79.6 Å². The van der Waals surface area contributed by atoms with Gasteiger partial charge in [0.25, 0.3) is 0 Å². The van der Waals surface area contributed by atoms with Gasteiger partial charge in [0.1, 0.15) is 6.10 Å². The van der Waals surface area contributed by atoms with Crippen molar-refractivity contribution in [3.8, 4) is 0 Å². The predicted octanol–water partition coefficient (Wildman–Crippen LogP) is 5.33. The first kappa shape index (κ1) is 26.1. The number of esters is 1. The van der Waals surface area contributed by atoms with Gasteiger partial charge in [-0.3, -0.25) is 14.6 Å². The molecule has 1 N–H and O–H groups in total. The van der Waals surface area contributed by atoms with E-state index in [9.17, 15) is 9.90 Å². The Labute approximate surface area is 231 Å². The fourth-order valence-electron chi connectivity index (χ4n) is 7.65. The second-order valence-electron chi connectivity index (χ2n) is 12.0. The van der Waals surface area contributed by atoms with Crippen LogP contribution in [0.4, 0.5) is 0 Å². The molecule has 5 nitrogen and oxygen atoms in total. The van der Waals surface area contributed by atoms with Crippen molar-refractivity contribution in [3.63, 3.8) is 0 Å². The van der Waals surface area contributed by atoms with Crippen molar-refractivity contribution >= 4 is 17.6 Å². The van der Waals surface area contributed by atoms with Crippen molar-refractivity contribution in [2.24, 2.45) is 23.2 Å². The van der Waals surface area contributed by atoms with Crippen LogP contribution < -0.4 is 0 Å². The fourth-order valence-corrected chi connectivity index (χ4v) is 7.78. The minimum Gasteiger partial charge on any atom is -0.461 e. The highest BCUT2D eigenvalue weighted by Gasteiger charge is 2.59. The Bertz CT molecular complexity index is 1180. The summed E-state index contributed by atoms with van der Waals surface area (Å²) in [5.74, 6) is -0.119. The van der Waals surface area contributed by atoms with Crippen LogP contribution in [0.25, 0.3) is 0 Å². The number of allylic oxidation sites excluding steroid dienone is 1. The SMILES string of the molecule is C[C@@H]1CCC=C2C[C@H]3OC(=O)[C@H](CN4CCN([C@@H](c5ccccc5)c5ccc(Cl)cc5)CC4)[C@H]3[C@H](O)[C@@]21C. The number of hydrogen-bond acceptors (Lipinski definition) is 5. The third-order valence-corrected chi connectivity index (χ3v) is 10.4. The van der Waals surface area contributed by atoms with Gasteiger partial charge in [-0.2, -0.15) is 0 Å². The molecule has 1 saturated carbocycles. The molecule has 2 heterocycles. The average Bonchev–Trinajstić information content (AvgIpc) is 3.23. The Morgan fingerprint density at radius 3 is 2.45 bits per heavy atom. The predicted molar refractivity (Wildman–Crippen MR) is 150 cm³/mol. The largest absolute Gasteiger partial charge is 0.461 e. The third kappa shape index (κ3) is 4.52. The lowest BCUT2D eigenvalue weighted by molar-refractivity contribution is -0.145. The second-order valence-corrected chi connectivity index (χ2v) is 12.4. The van der Waals surface area contributed by atoms with Crippen LogP contribution in [0.15, 0.2) is 66.2 Å². The number of halogens is 1. The van der Waals surface area contributed by atoms with Crippen LogP contribution in [0.3, 0.4) is 0 Å². The summed E-state index contributed by atoms with van der Waals surface area (Å²) in [6.45, 7) is 8.70. The number of hydrogen-bond donors (Lipinski definition) is 1. The minimum atomic E-state index is -0.548. The molecular formula is C32H39ClN2O3. The van der Waals surface area contributed by atoms with Gasteiger partial charge in [0, 0.05) is 55.5 Å². The van der Waals surface area contributed by atoms with E-state index in [4.69, 9.17) is 16.3 Å². The zero-order chi connectivity index (χ0) is 26.4. The lowest BCUT2D eigenvalue weighted by Gasteiger charge is -2.52. The number of aliphatic hydroxyl groups excluding tert-OH is 1. The summed E-state index contributed by atoms with van der Waals surface area (Å²) in [5, 5.41) is 12.4. The molecule has 2 aromatic carbocycles. The van der Waals surface area contributed by atoms with Crippen molar-refractivity contribution in [1.82, 2.24) is 9.80 Å². The normalized spacial score (nSPS) is 34.7. The van der Waals surface area contributed by atoms with Gasteiger partial charge in [-0.05, 0) is 42.0 Å². The van der Waals surface area contributed by atoms with Gasteiger partial charge in [0.15, 0.2) is 0 Å². The molecule has 6 rings (SSSR count). The molecular weight excluding hydrogens is 496 g/mol. The summed E-state index contributed by atoms with van der Waals surface area (Å²) in [7, 11) is 0. The van der Waals surface area contributed by atoms with Crippen LogP contribution in [0.5, 0.6) is 0 Å². The van der Waals surface area contributed by atoms with E-state index in [0.29, 0.717) is 12.5 Å². The number of fused-ring (bicyclic) bond motifs is 2. The van der Waals surface area contributed by atoms with Crippen LogP contribution in [-0.4, -0.2) is 65.8 Å². The van der Waals surface area contributed by atoms with E-state index < -0.39 is 6.10 Å². The number of rotatable bonds is 5. The Hall–Kier alpha value is -2.18. The van der Waals surface area contributed by atoms with Crippen molar-refractivity contribution in [2.75, 3.05) is 32.7 Å². The number of ether oxygens (including phenoxy) is 1. The standard InChI is InChI=1S/C32H39ClN2O3/c1-21-7-6-10-24-19-27-28(30(36)32(21,24)2)26(31(37)38-27)20-34-15-17-35(18-16-34)29(22-8-4-3-5-9-22)23-11-13-25(33)14-12-23/h3-5,8-14,21,26-30,36H,6-7,15-20H2,1-2H3/t21-,26-,27-,28-,29+,30+,32-/m1/s1. The van der Waals surface area contributed by atoms with Crippen molar-refractivity contribution in [2.45, 2.75) is 51.4 Å². The molecule has 0 unspecified atom stereocenters. The first-order valence-electron chi connectivity index (χ1n) is 14.2. The number of benzene rings is 2. The molecule has 4 aliphatic rings. The van der Waals surface area contributed by atoms with Crippen LogP contribution in [0.2, 0.25) is 5.02 Å². The van der Waals surface area contributed by atoms with Crippen molar-refractivity contribution < 1.29 is 14.6 Å². The average molecular weight is 535 g/mol. The van der Waals surface area contributed by atoms with E-state index in [1.165, 1.54) is 16.7 Å². The van der Waals surface area contributed by atoms with Gasteiger partial charge in [0.2, 0.25) is 0 Å². The summed E-state index contributed by atoms with van der Waals surface area (Å²) in [6.07, 6.45) is 4.47. The number of carbonyl (C=O) groups is 1. The number of nitrogens with zero attached hydrogens (tertiary/aromatic N) is 2. The van der Waals surface area contributed by atoms with E-state index in [1.807, 2.05) is 12.1 Å². The van der Waals surface area contributed by atoms with E-state index in [-0.39, 0.29) is 35.4 Å². The molecule has 0 amide bonds. The molecule has 0 radical (unpaired) electrons. The van der Waals surface area contributed by atoms with Crippen LogP contribution in [0, 0.1) is 23.2 Å². The summed E-state index contributed by atoms with van der Waals surface area (Å²) >= 11 is 6.19. The second kappa shape index (κ2) is 10.4. The van der Waals surface area contributed by atoms with Crippen LogP contribution in [0.1, 0.15) is 50.3 Å². The van der Waals surface area contributed by atoms with Gasteiger partial charge in [-0.25, -0.2) is 0 Å². The Morgan fingerprint density at radius 2 is 1.74 bits per heavy atom. The molecule has 2 saturated heterocycles. The maximum absolute atomic E-state index is 13.1. The fraction of sp³-hybridized carbons (Fsp3) is 0.531. The van der Waals surface area contributed by atoms with E-state index in [1.54, 1.807) is 0 Å². The Morgan fingerprint density at radius 1 is 1.05 bits per heavy atom. The Balaban J connectivity index is 1.16. The highest BCUT2D eigenvalue weighted by molar-refractivity contribution is 6.30. The third-order valence-electron chi connectivity index (χ3n) is 10.1. The lowest BCUT2D eigenvalue weighted by Crippen LogP contribution is -2.55.